The van der Waals surface area contributed by atoms with Gasteiger partial charge in [0.15, 0.2) is 9.84 Å². The van der Waals surface area contributed by atoms with Gasteiger partial charge in [-0.1, -0.05) is 96.5 Å². The number of rotatable bonds is 7. The van der Waals surface area contributed by atoms with E-state index >= 15 is 0 Å². The highest BCUT2D eigenvalue weighted by molar-refractivity contribution is 7.90. The summed E-state index contributed by atoms with van der Waals surface area (Å²) in [4.78, 5) is 59.0. The van der Waals surface area contributed by atoms with Crippen molar-refractivity contribution in [1.29, 1.82) is 0 Å². The summed E-state index contributed by atoms with van der Waals surface area (Å²) in [6.45, 7) is 0.625. The van der Waals surface area contributed by atoms with Crippen LogP contribution in [0.15, 0.2) is 102 Å². The standard InChI is InChI=1S/C45H50ClN5O6S/c1-50-24-8-23-47-36(26-32-14-19-38(20-15-32)58(2,56)57)28-42(52)49-40-22-18-34-11-6-7-12-41(34)51(45(40)55)30-43(53)48-37(29-44(50)54)27-33-16-21-39(46)35(25-33)17-13-31-9-4-3-5-10-31/h3-7,9-17,19-21,25,36-37,40,47H,8,18,22-24,26-30H2,1-2H3,(H,48,53)(H,49,52)/b17-13+/t36-,37+,40-/m0/s1. The molecule has 0 aliphatic carbocycles. The third-order valence-electron chi connectivity index (χ3n) is 10.6. The van der Waals surface area contributed by atoms with Gasteiger partial charge in [-0.05, 0) is 90.7 Å². The molecular formula is C45H50ClN5O6S. The van der Waals surface area contributed by atoms with Gasteiger partial charge in [-0.15, -0.1) is 0 Å². The first-order valence-corrected chi connectivity index (χ1v) is 21.8. The quantitative estimate of drug-likeness (QED) is 0.216. The number of hydrogen-bond donors (Lipinski definition) is 3. The summed E-state index contributed by atoms with van der Waals surface area (Å²) in [7, 11) is -1.64. The normalized spacial score (nSPS) is 20.4. The summed E-state index contributed by atoms with van der Waals surface area (Å²) in [6, 6.07) is 27.7. The number of benzene rings is 4. The number of halogens is 1. The van der Waals surface area contributed by atoms with Gasteiger partial charge in [0, 0.05) is 55.5 Å². The van der Waals surface area contributed by atoms with E-state index in [0.717, 1.165) is 34.1 Å². The molecule has 2 bridgehead atoms. The Bertz CT molecular complexity index is 2250. The molecule has 4 aromatic carbocycles. The van der Waals surface area contributed by atoms with Gasteiger partial charge in [-0.25, -0.2) is 8.42 Å². The number of carbonyl (C=O) groups excluding carboxylic acids is 4. The lowest BCUT2D eigenvalue weighted by molar-refractivity contribution is -0.131. The molecule has 0 spiro atoms. The molecule has 1 saturated heterocycles. The maximum absolute atomic E-state index is 14.3. The van der Waals surface area contributed by atoms with E-state index in [1.807, 2.05) is 78.9 Å². The largest absolute Gasteiger partial charge is 0.351 e. The maximum Gasteiger partial charge on any atom is 0.250 e. The first-order valence-electron chi connectivity index (χ1n) is 19.6. The highest BCUT2D eigenvalue weighted by atomic mass is 35.5. The van der Waals surface area contributed by atoms with Crippen LogP contribution in [0.2, 0.25) is 5.02 Å². The van der Waals surface area contributed by atoms with Crippen LogP contribution in [0.1, 0.15) is 53.5 Å². The van der Waals surface area contributed by atoms with Gasteiger partial charge in [-0.2, -0.15) is 0 Å². The van der Waals surface area contributed by atoms with Crippen molar-refractivity contribution >= 4 is 62.9 Å². The highest BCUT2D eigenvalue weighted by Crippen LogP contribution is 2.28. The van der Waals surface area contributed by atoms with Crippen molar-refractivity contribution in [1.82, 2.24) is 20.9 Å². The van der Waals surface area contributed by atoms with E-state index in [1.165, 1.54) is 4.90 Å². The minimum absolute atomic E-state index is 0.0306. The Morgan fingerprint density at radius 2 is 1.50 bits per heavy atom. The molecule has 0 unspecified atom stereocenters. The van der Waals surface area contributed by atoms with E-state index in [-0.39, 0.29) is 42.1 Å². The van der Waals surface area contributed by atoms with Gasteiger partial charge in [0.25, 0.3) is 0 Å². The molecule has 3 atom stereocenters. The van der Waals surface area contributed by atoms with Gasteiger partial charge in [0.1, 0.15) is 12.6 Å². The molecule has 0 radical (unpaired) electrons. The molecule has 4 aromatic rings. The van der Waals surface area contributed by atoms with Crippen LogP contribution in [-0.4, -0.2) is 88.0 Å². The molecule has 0 aromatic heterocycles. The maximum atomic E-state index is 14.3. The summed E-state index contributed by atoms with van der Waals surface area (Å²) in [5.74, 6) is -1.30. The van der Waals surface area contributed by atoms with E-state index in [4.69, 9.17) is 11.6 Å². The van der Waals surface area contributed by atoms with Gasteiger partial charge in [0.2, 0.25) is 23.6 Å². The van der Waals surface area contributed by atoms with E-state index in [9.17, 15) is 27.6 Å². The highest BCUT2D eigenvalue weighted by Gasteiger charge is 2.33. The Kier molecular flexibility index (Phi) is 14.2. The molecule has 58 heavy (non-hydrogen) atoms. The fourth-order valence-corrected chi connectivity index (χ4v) is 8.26. The molecule has 6 rings (SSSR count). The Morgan fingerprint density at radius 1 is 0.793 bits per heavy atom. The molecule has 2 aliphatic heterocycles. The summed E-state index contributed by atoms with van der Waals surface area (Å²) in [5.41, 5.74) is 5.03. The number of nitrogens with zero attached hydrogens (tertiary/aromatic N) is 2. The number of hydrogen-bond acceptors (Lipinski definition) is 7. The molecule has 2 aliphatic rings. The number of carbonyl (C=O) groups is 4. The van der Waals surface area contributed by atoms with Crippen LogP contribution >= 0.6 is 11.6 Å². The van der Waals surface area contributed by atoms with E-state index in [1.54, 1.807) is 42.3 Å². The zero-order chi connectivity index (χ0) is 41.2. The lowest BCUT2D eigenvalue weighted by Gasteiger charge is -2.28. The molecule has 1 fully saturated rings. The van der Waals surface area contributed by atoms with Crippen molar-refractivity contribution < 1.29 is 27.6 Å². The Morgan fingerprint density at radius 3 is 2.26 bits per heavy atom. The lowest BCUT2D eigenvalue weighted by atomic mass is 10.00. The van der Waals surface area contributed by atoms with E-state index in [0.29, 0.717) is 55.9 Å². The predicted octanol–water partition coefficient (Wildman–Crippen LogP) is 5.25. The SMILES string of the molecule is CN1CCCN[C@@H](Cc2ccc(S(C)(=O)=O)cc2)CC(=O)N[C@H]2CCc3ccccc3N(CC(=O)N[C@H](Cc3ccc(Cl)c(/C=C/c4ccccc4)c3)CC1=O)C2=O. The minimum atomic E-state index is -3.37. The third-order valence-corrected chi connectivity index (χ3v) is 12.0. The molecule has 11 nitrogen and oxygen atoms in total. The lowest BCUT2D eigenvalue weighted by Crippen LogP contribution is -2.52. The van der Waals surface area contributed by atoms with Crippen LogP contribution in [0.5, 0.6) is 0 Å². The first-order chi connectivity index (χ1) is 27.8. The summed E-state index contributed by atoms with van der Waals surface area (Å²) in [5, 5.41) is 10.1. The second kappa shape index (κ2) is 19.4. The summed E-state index contributed by atoms with van der Waals surface area (Å²) in [6.07, 6.45) is 7.38. The zero-order valence-electron chi connectivity index (χ0n) is 32.8. The number of sulfone groups is 1. The number of anilines is 1. The average molecular weight is 824 g/mol. The van der Waals surface area contributed by atoms with Crippen molar-refractivity contribution in [3.63, 3.8) is 0 Å². The van der Waals surface area contributed by atoms with Crippen LogP contribution in [0.25, 0.3) is 12.2 Å². The Labute approximate surface area is 345 Å². The number of amides is 4. The third kappa shape index (κ3) is 11.6. The molecule has 2 heterocycles. The van der Waals surface area contributed by atoms with E-state index in [2.05, 4.69) is 16.0 Å². The van der Waals surface area contributed by atoms with Crippen molar-refractivity contribution in [3.8, 4) is 0 Å². The van der Waals surface area contributed by atoms with Crippen molar-refractivity contribution in [2.24, 2.45) is 0 Å². The van der Waals surface area contributed by atoms with Crippen LogP contribution in [-0.2, 0) is 48.3 Å². The minimum Gasteiger partial charge on any atom is -0.351 e. The van der Waals surface area contributed by atoms with Gasteiger partial charge < -0.3 is 25.8 Å². The van der Waals surface area contributed by atoms with Crippen LogP contribution in [0.3, 0.4) is 0 Å². The average Bonchev–Trinajstić information content (AvgIpc) is 3.31. The van der Waals surface area contributed by atoms with E-state index < -0.39 is 33.7 Å². The van der Waals surface area contributed by atoms with Crippen LogP contribution in [0, 0.1) is 0 Å². The second-order valence-corrected chi connectivity index (χ2v) is 17.6. The molecular weight excluding hydrogens is 774 g/mol. The van der Waals surface area contributed by atoms with Crippen molar-refractivity contribution in [3.05, 3.63) is 130 Å². The van der Waals surface area contributed by atoms with Crippen molar-refractivity contribution in [2.45, 2.75) is 68.0 Å². The molecule has 4 amide bonds. The van der Waals surface area contributed by atoms with Gasteiger partial charge in [-0.3, -0.25) is 19.2 Å². The molecule has 304 valence electrons. The van der Waals surface area contributed by atoms with Gasteiger partial charge >= 0.3 is 0 Å². The molecule has 0 saturated carbocycles. The van der Waals surface area contributed by atoms with Gasteiger partial charge in [0.05, 0.1) is 4.90 Å². The Hall–Kier alpha value is -5.30. The number of aryl methyl sites for hydroxylation is 1. The zero-order valence-corrected chi connectivity index (χ0v) is 34.4. The number of nitrogens with one attached hydrogen (secondary N) is 3. The first kappa shape index (κ1) is 42.3. The molecule has 13 heteroatoms. The summed E-state index contributed by atoms with van der Waals surface area (Å²) < 4.78 is 24.1. The van der Waals surface area contributed by atoms with Crippen LogP contribution < -0.4 is 20.9 Å². The number of para-hydroxylation sites is 1. The van der Waals surface area contributed by atoms with Crippen LogP contribution in [0.4, 0.5) is 5.69 Å². The monoisotopic (exact) mass is 823 g/mol. The topological polar surface area (TPSA) is 145 Å². The number of fused-ring (bicyclic) bond motifs is 4. The Balaban J connectivity index is 1.26. The fourth-order valence-electron chi connectivity index (χ4n) is 7.45. The smallest absolute Gasteiger partial charge is 0.250 e. The fraction of sp³-hybridized carbons (Fsp3) is 0.333. The second-order valence-electron chi connectivity index (χ2n) is 15.1. The van der Waals surface area contributed by atoms with Crippen molar-refractivity contribution in [2.75, 3.05) is 37.8 Å². The molecule has 3 N–H and O–H groups in total. The summed E-state index contributed by atoms with van der Waals surface area (Å²) >= 11 is 6.59. The predicted molar refractivity (Wildman–Crippen MR) is 228 cm³/mol.